The molecule has 1 aromatic carbocycles. The van der Waals surface area contributed by atoms with E-state index < -0.39 is 0 Å². The summed E-state index contributed by atoms with van der Waals surface area (Å²) in [7, 11) is 0. The zero-order chi connectivity index (χ0) is 19.5. The van der Waals surface area contributed by atoms with Gasteiger partial charge in [-0.05, 0) is 25.9 Å². The summed E-state index contributed by atoms with van der Waals surface area (Å²) in [6, 6.07) is 3.11. The fourth-order valence-corrected chi connectivity index (χ4v) is 4.12. The van der Waals surface area contributed by atoms with Gasteiger partial charge in [0.1, 0.15) is 5.75 Å². The summed E-state index contributed by atoms with van der Waals surface area (Å²) < 4.78 is 16.2. The van der Waals surface area contributed by atoms with Gasteiger partial charge >= 0.3 is 0 Å². The number of nitro benzene ring substituents is 1. The summed E-state index contributed by atoms with van der Waals surface area (Å²) in [5.41, 5.74) is 1.58. The summed E-state index contributed by atoms with van der Waals surface area (Å²) >= 11 is 0. The van der Waals surface area contributed by atoms with Gasteiger partial charge in [-0.15, -0.1) is 0 Å². The first-order chi connectivity index (χ1) is 13.6. The molecule has 0 radical (unpaired) electrons. The standard InChI is InChI=1S/C19H25N3O6/c23-19(21-5-7-26-8-6-21)14-1-3-20(4-2-14)11-15-9-17(22(24)25)10-16-12-27-13-28-18(15)16/h9-10,14H,1-8,11-13H2. The zero-order valence-electron chi connectivity index (χ0n) is 15.8. The molecule has 28 heavy (non-hydrogen) atoms. The number of fused-ring (bicyclic) bond motifs is 1. The number of carbonyl (C=O) groups excluding carboxylic acids is 1. The number of benzene rings is 1. The molecule has 9 heteroatoms. The van der Waals surface area contributed by atoms with Gasteiger partial charge in [0.05, 0.1) is 24.7 Å². The van der Waals surface area contributed by atoms with Crippen LogP contribution in [0.15, 0.2) is 12.1 Å². The zero-order valence-corrected chi connectivity index (χ0v) is 15.8. The normalized spacial score (nSPS) is 21.1. The number of nitro groups is 1. The van der Waals surface area contributed by atoms with E-state index in [0.717, 1.165) is 31.5 Å². The van der Waals surface area contributed by atoms with Crippen LogP contribution in [0.4, 0.5) is 5.69 Å². The largest absolute Gasteiger partial charge is 0.467 e. The topological polar surface area (TPSA) is 94.4 Å². The molecule has 1 aromatic rings. The maximum Gasteiger partial charge on any atom is 0.270 e. The monoisotopic (exact) mass is 391 g/mol. The quantitative estimate of drug-likeness (QED) is 0.567. The fourth-order valence-electron chi connectivity index (χ4n) is 4.12. The number of non-ortho nitro benzene ring substituents is 1. The summed E-state index contributed by atoms with van der Waals surface area (Å²) in [6.07, 6.45) is 1.61. The first-order valence-electron chi connectivity index (χ1n) is 9.71. The van der Waals surface area contributed by atoms with E-state index in [1.54, 1.807) is 6.07 Å². The maximum atomic E-state index is 12.7. The van der Waals surface area contributed by atoms with Crippen LogP contribution in [-0.2, 0) is 27.4 Å². The average molecular weight is 391 g/mol. The summed E-state index contributed by atoms with van der Waals surface area (Å²) in [4.78, 5) is 27.7. The number of hydrogen-bond donors (Lipinski definition) is 0. The Hall–Kier alpha value is -2.23. The molecule has 0 aromatic heterocycles. The Labute approximate surface area is 163 Å². The Morgan fingerprint density at radius 1 is 1.14 bits per heavy atom. The average Bonchev–Trinajstić information content (AvgIpc) is 2.74. The van der Waals surface area contributed by atoms with Crippen molar-refractivity contribution in [3.8, 4) is 5.75 Å². The molecule has 0 saturated carbocycles. The SMILES string of the molecule is O=C(C1CCN(Cc2cc([N+](=O)[O-])cc3c2OCOC3)CC1)N1CCOCC1. The summed E-state index contributed by atoms with van der Waals surface area (Å²) in [5.74, 6) is 0.984. The molecule has 3 aliphatic heterocycles. The molecule has 0 aliphatic carbocycles. The van der Waals surface area contributed by atoms with E-state index in [2.05, 4.69) is 4.90 Å². The number of morpholine rings is 1. The second-order valence-electron chi connectivity index (χ2n) is 7.45. The van der Waals surface area contributed by atoms with Crippen molar-refractivity contribution in [3.63, 3.8) is 0 Å². The highest BCUT2D eigenvalue weighted by Gasteiger charge is 2.30. The van der Waals surface area contributed by atoms with Crippen molar-refractivity contribution >= 4 is 11.6 Å². The van der Waals surface area contributed by atoms with Crippen LogP contribution in [-0.4, -0.2) is 66.8 Å². The highest BCUT2D eigenvalue weighted by molar-refractivity contribution is 5.79. The van der Waals surface area contributed by atoms with Crippen molar-refractivity contribution in [2.24, 2.45) is 5.92 Å². The summed E-state index contributed by atoms with van der Waals surface area (Å²) in [5, 5.41) is 11.3. The number of amides is 1. The molecule has 3 aliphatic rings. The number of rotatable bonds is 4. The third-order valence-corrected chi connectivity index (χ3v) is 5.64. The molecule has 0 spiro atoms. The first kappa shape index (κ1) is 19.1. The van der Waals surface area contributed by atoms with Crippen LogP contribution in [0.1, 0.15) is 24.0 Å². The van der Waals surface area contributed by atoms with Crippen LogP contribution < -0.4 is 4.74 Å². The van der Waals surface area contributed by atoms with Crippen molar-refractivity contribution in [2.45, 2.75) is 26.0 Å². The maximum absolute atomic E-state index is 12.7. The van der Waals surface area contributed by atoms with Gasteiger partial charge in [0, 0.05) is 48.8 Å². The Morgan fingerprint density at radius 2 is 1.89 bits per heavy atom. The Kier molecular flexibility index (Phi) is 5.74. The summed E-state index contributed by atoms with van der Waals surface area (Å²) in [6.45, 7) is 5.22. The van der Waals surface area contributed by atoms with Crippen molar-refractivity contribution in [2.75, 3.05) is 46.2 Å². The molecule has 0 bridgehead atoms. The number of carbonyl (C=O) groups is 1. The minimum absolute atomic E-state index is 0.0537. The van der Waals surface area contributed by atoms with Gasteiger partial charge in [-0.3, -0.25) is 19.8 Å². The molecular formula is C19H25N3O6. The first-order valence-corrected chi connectivity index (χ1v) is 9.71. The lowest BCUT2D eigenvalue weighted by atomic mass is 9.94. The third-order valence-electron chi connectivity index (χ3n) is 5.64. The van der Waals surface area contributed by atoms with Crippen LogP contribution >= 0.6 is 0 Å². The fraction of sp³-hybridized carbons (Fsp3) is 0.632. The number of piperidine rings is 1. The lowest BCUT2D eigenvalue weighted by Crippen LogP contribution is -2.46. The van der Waals surface area contributed by atoms with E-state index in [9.17, 15) is 14.9 Å². The highest BCUT2D eigenvalue weighted by Crippen LogP contribution is 2.34. The highest BCUT2D eigenvalue weighted by atomic mass is 16.7. The molecule has 9 nitrogen and oxygen atoms in total. The van der Waals surface area contributed by atoms with Crippen LogP contribution in [0, 0.1) is 16.0 Å². The van der Waals surface area contributed by atoms with Gasteiger partial charge in [-0.2, -0.15) is 0 Å². The lowest BCUT2D eigenvalue weighted by molar-refractivity contribution is -0.385. The second-order valence-corrected chi connectivity index (χ2v) is 7.45. The lowest BCUT2D eigenvalue weighted by Gasteiger charge is -2.35. The minimum atomic E-state index is -0.383. The molecule has 152 valence electrons. The molecule has 3 heterocycles. The molecular weight excluding hydrogens is 366 g/mol. The van der Waals surface area contributed by atoms with E-state index in [-0.39, 0.29) is 29.2 Å². The van der Waals surface area contributed by atoms with Gasteiger partial charge < -0.3 is 19.1 Å². The number of hydrogen-bond acceptors (Lipinski definition) is 7. The van der Waals surface area contributed by atoms with Crippen LogP contribution in [0.25, 0.3) is 0 Å². The number of ether oxygens (including phenoxy) is 3. The van der Waals surface area contributed by atoms with E-state index in [1.165, 1.54) is 6.07 Å². The van der Waals surface area contributed by atoms with Gasteiger partial charge in [0.2, 0.25) is 5.91 Å². The molecule has 2 fully saturated rings. The molecule has 2 saturated heterocycles. The van der Waals surface area contributed by atoms with Crippen molar-refractivity contribution in [3.05, 3.63) is 33.4 Å². The Bertz CT molecular complexity index is 741. The minimum Gasteiger partial charge on any atom is -0.467 e. The number of nitrogens with zero attached hydrogens (tertiary/aromatic N) is 3. The molecule has 0 atom stereocenters. The van der Waals surface area contributed by atoms with E-state index >= 15 is 0 Å². The smallest absolute Gasteiger partial charge is 0.270 e. The Balaban J connectivity index is 1.40. The molecule has 0 N–H and O–H groups in total. The van der Waals surface area contributed by atoms with Gasteiger partial charge in [-0.1, -0.05) is 0 Å². The Morgan fingerprint density at radius 3 is 2.61 bits per heavy atom. The van der Waals surface area contributed by atoms with Crippen molar-refractivity contribution < 1.29 is 23.9 Å². The van der Waals surface area contributed by atoms with Gasteiger partial charge in [0.25, 0.3) is 5.69 Å². The predicted molar refractivity (Wildman–Crippen MR) is 98.8 cm³/mol. The third kappa shape index (κ3) is 4.11. The molecule has 1 amide bonds. The molecule has 4 rings (SSSR count). The van der Waals surface area contributed by atoms with Crippen LogP contribution in [0.2, 0.25) is 0 Å². The second kappa shape index (κ2) is 8.42. The van der Waals surface area contributed by atoms with E-state index in [4.69, 9.17) is 14.2 Å². The number of likely N-dealkylation sites (tertiary alicyclic amines) is 1. The van der Waals surface area contributed by atoms with E-state index in [1.807, 2.05) is 4.90 Å². The van der Waals surface area contributed by atoms with Gasteiger partial charge in [-0.25, -0.2) is 0 Å². The van der Waals surface area contributed by atoms with E-state index in [0.29, 0.717) is 50.8 Å². The van der Waals surface area contributed by atoms with Crippen molar-refractivity contribution in [1.82, 2.24) is 9.80 Å². The van der Waals surface area contributed by atoms with Crippen LogP contribution in [0.3, 0.4) is 0 Å². The van der Waals surface area contributed by atoms with Crippen LogP contribution in [0.5, 0.6) is 5.75 Å². The molecule has 0 unspecified atom stereocenters. The predicted octanol–water partition coefficient (Wildman–Crippen LogP) is 1.53. The van der Waals surface area contributed by atoms with Gasteiger partial charge in [0.15, 0.2) is 6.79 Å². The van der Waals surface area contributed by atoms with Crippen molar-refractivity contribution in [1.29, 1.82) is 0 Å².